The number of furan rings is 1. The maximum absolute atomic E-state index is 12.5. The summed E-state index contributed by atoms with van der Waals surface area (Å²) in [5, 5.41) is 14.6. The van der Waals surface area contributed by atoms with E-state index in [0.717, 1.165) is 10.8 Å². The molecule has 1 atom stereocenters. The number of carbonyl (C=O) groups excluding carboxylic acids is 1. The molecule has 0 aliphatic heterocycles. The van der Waals surface area contributed by atoms with Crippen LogP contribution in [0, 0.1) is 0 Å². The zero-order chi connectivity index (χ0) is 17.9. The molecule has 2 N–H and O–H groups in total. The van der Waals surface area contributed by atoms with Gasteiger partial charge >= 0.3 is 5.97 Å². The number of rotatable bonds is 6. The fraction of sp³-hybridized carbons (Fsp3) is 0.200. The Morgan fingerprint density at radius 2 is 1.84 bits per heavy atom. The smallest absolute Gasteiger partial charge is 0.334 e. The molecule has 5 nitrogen and oxygen atoms in total. The minimum Gasteiger partial charge on any atom is -0.479 e. The van der Waals surface area contributed by atoms with E-state index in [-0.39, 0.29) is 12.2 Å². The summed E-state index contributed by atoms with van der Waals surface area (Å²) < 4.78 is 5.10. The SMILES string of the molecule is CCCC(NC(=O)c1ccco1)(C(=O)O)c1ccc2ccccc2c1. The Morgan fingerprint density at radius 3 is 2.48 bits per heavy atom. The highest BCUT2D eigenvalue weighted by Gasteiger charge is 2.41. The highest BCUT2D eigenvalue weighted by atomic mass is 16.4. The lowest BCUT2D eigenvalue weighted by Gasteiger charge is -2.31. The van der Waals surface area contributed by atoms with Crippen LogP contribution in [0.4, 0.5) is 0 Å². The van der Waals surface area contributed by atoms with Gasteiger partial charge < -0.3 is 14.8 Å². The Bertz CT molecular complexity index is 901. The van der Waals surface area contributed by atoms with Crippen LogP contribution < -0.4 is 5.32 Å². The minimum atomic E-state index is -1.51. The normalized spacial score (nSPS) is 13.3. The number of benzene rings is 2. The lowest BCUT2D eigenvalue weighted by atomic mass is 9.84. The number of carboxylic acid groups (broad SMARTS) is 1. The molecule has 0 radical (unpaired) electrons. The van der Waals surface area contributed by atoms with Gasteiger partial charge in [-0.05, 0) is 41.0 Å². The van der Waals surface area contributed by atoms with Crippen LogP contribution in [-0.2, 0) is 10.3 Å². The molecule has 1 unspecified atom stereocenters. The third-order valence-electron chi connectivity index (χ3n) is 4.30. The van der Waals surface area contributed by atoms with Gasteiger partial charge in [0.2, 0.25) is 0 Å². The second-order valence-electron chi connectivity index (χ2n) is 5.95. The van der Waals surface area contributed by atoms with Crippen molar-refractivity contribution in [2.45, 2.75) is 25.3 Å². The number of fused-ring (bicyclic) bond motifs is 1. The van der Waals surface area contributed by atoms with E-state index in [4.69, 9.17) is 4.42 Å². The van der Waals surface area contributed by atoms with Crippen molar-refractivity contribution in [2.24, 2.45) is 0 Å². The minimum absolute atomic E-state index is 0.0857. The van der Waals surface area contributed by atoms with Gasteiger partial charge in [-0.15, -0.1) is 0 Å². The number of hydrogen-bond donors (Lipinski definition) is 2. The highest BCUT2D eigenvalue weighted by Crippen LogP contribution is 2.30. The first-order valence-corrected chi connectivity index (χ1v) is 8.15. The van der Waals surface area contributed by atoms with Gasteiger partial charge in [0.05, 0.1) is 6.26 Å². The fourth-order valence-corrected chi connectivity index (χ4v) is 3.06. The van der Waals surface area contributed by atoms with Gasteiger partial charge in [0.25, 0.3) is 5.91 Å². The summed E-state index contributed by atoms with van der Waals surface area (Å²) in [4.78, 5) is 24.7. The van der Waals surface area contributed by atoms with Gasteiger partial charge in [0.15, 0.2) is 11.3 Å². The summed E-state index contributed by atoms with van der Waals surface area (Å²) in [6.07, 6.45) is 2.25. The van der Waals surface area contributed by atoms with E-state index in [2.05, 4.69) is 5.32 Å². The molecule has 0 spiro atoms. The van der Waals surface area contributed by atoms with E-state index >= 15 is 0 Å². The van der Waals surface area contributed by atoms with Gasteiger partial charge in [-0.25, -0.2) is 4.79 Å². The molecule has 1 amide bonds. The molecule has 0 saturated carbocycles. The summed E-state index contributed by atoms with van der Waals surface area (Å²) >= 11 is 0. The molecule has 1 heterocycles. The summed E-state index contributed by atoms with van der Waals surface area (Å²) in [6, 6.07) is 16.3. The predicted molar refractivity (Wildman–Crippen MR) is 94.3 cm³/mol. The van der Waals surface area contributed by atoms with E-state index in [9.17, 15) is 14.7 Å². The number of nitrogens with one attached hydrogen (secondary N) is 1. The summed E-state index contributed by atoms with van der Waals surface area (Å²) in [5.74, 6) is -1.55. The second kappa shape index (κ2) is 6.81. The number of amides is 1. The Labute approximate surface area is 145 Å². The Hall–Kier alpha value is -3.08. The van der Waals surface area contributed by atoms with Crippen molar-refractivity contribution in [3.05, 3.63) is 72.2 Å². The summed E-state index contributed by atoms with van der Waals surface area (Å²) in [6.45, 7) is 1.89. The van der Waals surface area contributed by atoms with E-state index in [1.54, 1.807) is 12.1 Å². The van der Waals surface area contributed by atoms with Crippen molar-refractivity contribution in [3.63, 3.8) is 0 Å². The molecule has 25 heavy (non-hydrogen) atoms. The molecule has 0 saturated heterocycles. The van der Waals surface area contributed by atoms with Crippen LogP contribution in [0.5, 0.6) is 0 Å². The average Bonchev–Trinajstić information content (AvgIpc) is 3.15. The van der Waals surface area contributed by atoms with Crippen molar-refractivity contribution in [1.82, 2.24) is 5.32 Å². The lowest BCUT2D eigenvalue weighted by molar-refractivity contribution is -0.145. The molecule has 3 aromatic rings. The average molecular weight is 337 g/mol. The van der Waals surface area contributed by atoms with Crippen molar-refractivity contribution in [2.75, 3.05) is 0 Å². The van der Waals surface area contributed by atoms with Crippen LogP contribution in [0.1, 0.15) is 35.9 Å². The number of carboxylic acids is 1. The largest absolute Gasteiger partial charge is 0.479 e. The fourth-order valence-electron chi connectivity index (χ4n) is 3.06. The Kier molecular flexibility index (Phi) is 4.57. The van der Waals surface area contributed by atoms with Crippen molar-refractivity contribution < 1.29 is 19.1 Å². The number of hydrogen-bond acceptors (Lipinski definition) is 3. The monoisotopic (exact) mass is 337 g/mol. The molecule has 0 aliphatic carbocycles. The third kappa shape index (κ3) is 3.13. The van der Waals surface area contributed by atoms with Crippen molar-refractivity contribution >= 4 is 22.6 Å². The predicted octanol–water partition coefficient (Wildman–Crippen LogP) is 3.94. The van der Waals surface area contributed by atoms with Gasteiger partial charge in [-0.1, -0.05) is 49.7 Å². The first-order chi connectivity index (χ1) is 12.1. The van der Waals surface area contributed by atoms with Gasteiger partial charge in [-0.3, -0.25) is 4.79 Å². The van der Waals surface area contributed by atoms with E-state index in [1.807, 2.05) is 43.3 Å². The van der Waals surface area contributed by atoms with E-state index in [1.165, 1.54) is 12.3 Å². The zero-order valence-electron chi connectivity index (χ0n) is 13.9. The third-order valence-corrected chi connectivity index (χ3v) is 4.30. The first kappa shape index (κ1) is 16.8. The molecule has 5 heteroatoms. The summed E-state index contributed by atoms with van der Waals surface area (Å²) in [5.41, 5.74) is -0.969. The molecular weight excluding hydrogens is 318 g/mol. The molecular formula is C20H19NO4. The maximum atomic E-state index is 12.5. The standard InChI is InChI=1S/C20H19NO4/c1-2-11-20(19(23)24,21-18(22)17-8-5-12-25-17)16-10-9-14-6-3-4-7-15(14)13-16/h3-10,12-13H,2,11H2,1H3,(H,21,22)(H,23,24). The maximum Gasteiger partial charge on any atom is 0.334 e. The molecule has 1 aromatic heterocycles. The van der Waals surface area contributed by atoms with Gasteiger partial charge in [0, 0.05) is 0 Å². The Balaban J connectivity index is 2.08. The molecule has 0 bridgehead atoms. The quantitative estimate of drug-likeness (QED) is 0.714. The first-order valence-electron chi connectivity index (χ1n) is 8.15. The van der Waals surface area contributed by atoms with Gasteiger partial charge in [0.1, 0.15) is 0 Å². The Morgan fingerprint density at radius 1 is 1.08 bits per heavy atom. The molecule has 128 valence electrons. The highest BCUT2D eigenvalue weighted by molar-refractivity contribution is 5.97. The molecule has 0 fully saturated rings. The lowest BCUT2D eigenvalue weighted by Crippen LogP contribution is -2.51. The van der Waals surface area contributed by atoms with E-state index < -0.39 is 17.4 Å². The molecule has 2 aromatic carbocycles. The van der Waals surface area contributed by atoms with Crippen LogP contribution in [0.2, 0.25) is 0 Å². The van der Waals surface area contributed by atoms with Crippen molar-refractivity contribution in [1.29, 1.82) is 0 Å². The summed E-state index contributed by atoms with van der Waals surface area (Å²) in [7, 11) is 0. The van der Waals surface area contributed by atoms with Crippen LogP contribution in [0.15, 0.2) is 65.3 Å². The molecule has 3 rings (SSSR count). The van der Waals surface area contributed by atoms with Crippen molar-refractivity contribution in [3.8, 4) is 0 Å². The van der Waals surface area contributed by atoms with Crippen LogP contribution in [-0.4, -0.2) is 17.0 Å². The number of aliphatic carboxylic acids is 1. The van der Waals surface area contributed by atoms with Crippen LogP contribution >= 0.6 is 0 Å². The van der Waals surface area contributed by atoms with Crippen LogP contribution in [0.3, 0.4) is 0 Å². The number of carbonyl (C=O) groups is 2. The zero-order valence-corrected chi connectivity index (χ0v) is 13.9. The van der Waals surface area contributed by atoms with Gasteiger partial charge in [-0.2, -0.15) is 0 Å². The second-order valence-corrected chi connectivity index (χ2v) is 5.95. The van der Waals surface area contributed by atoms with Crippen LogP contribution in [0.25, 0.3) is 10.8 Å². The topological polar surface area (TPSA) is 79.5 Å². The van der Waals surface area contributed by atoms with E-state index in [0.29, 0.717) is 12.0 Å². The molecule has 0 aliphatic rings.